The second-order valence-electron chi connectivity index (χ2n) is 8.27. The Kier molecular flexibility index (Phi) is 5.05. The number of fused-ring (bicyclic) bond motifs is 3. The minimum atomic E-state index is 0.126. The van der Waals surface area contributed by atoms with E-state index in [0.717, 1.165) is 22.2 Å². The first-order valence-electron chi connectivity index (χ1n) is 10.8. The van der Waals surface area contributed by atoms with Crippen LogP contribution in [0.1, 0.15) is 37.7 Å². The molecular formula is C23H26N6O2. The topological polar surface area (TPSA) is 97.9 Å². The standard InChI is InChI=1S/C23H26N6O2/c1-24-21-18-20(29(2)13-26-18)19-23(28-21)31-22(27-19)16-9-5-8-15(10-16)12-25-17(30)11-14-6-3-4-7-14/h5,8-10,13-14H,3-4,6-7,11-12H2,1-2H3,(H,24,28)(H,25,30). The van der Waals surface area contributed by atoms with Gasteiger partial charge in [-0.1, -0.05) is 25.0 Å². The van der Waals surface area contributed by atoms with Gasteiger partial charge >= 0.3 is 0 Å². The first kappa shape index (κ1) is 19.5. The van der Waals surface area contributed by atoms with E-state index in [0.29, 0.717) is 41.8 Å². The fourth-order valence-electron chi connectivity index (χ4n) is 4.44. The normalized spacial score (nSPS) is 14.5. The van der Waals surface area contributed by atoms with Crippen molar-refractivity contribution in [1.82, 2.24) is 24.8 Å². The second-order valence-corrected chi connectivity index (χ2v) is 8.27. The van der Waals surface area contributed by atoms with E-state index in [2.05, 4.69) is 20.6 Å². The predicted molar refractivity (Wildman–Crippen MR) is 119 cm³/mol. The van der Waals surface area contributed by atoms with Gasteiger partial charge in [-0.05, 0) is 36.5 Å². The van der Waals surface area contributed by atoms with Crippen LogP contribution in [0.3, 0.4) is 0 Å². The number of benzene rings is 1. The van der Waals surface area contributed by atoms with Crippen molar-refractivity contribution in [3.8, 4) is 11.5 Å². The summed E-state index contributed by atoms with van der Waals surface area (Å²) in [6, 6.07) is 7.90. The van der Waals surface area contributed by atoms with Crippen molar-refractivity contribution in [1.29, 1.82) is 0 Å². The molecule has 0 bridgehead atoms. The summed E-state index contributed by atoms with van der Waals surface area (Å²) < 4.78 is 7.93. The Morgan fingerprint density at radius 2 is 2.06 bits per heavy atom. The summed E-state index contributed by atoms with van der Waals surface area (Å²) >= 11 is 0. The molecule has 0 atom stereocenters. The molecule has 2 N–H and O–H groups in total. The number of imidazole rings is 1. The highest BCUT2D eigenvalue weighted by Crippen LogP contribution is 2.31. The highest BCUT2D eigenvalue weighted by molar-refractivity contribution is 6.03. The van der Waals surface area contributed by atoms with Crippen molar-refractivity contribution in [3.05, 3.63) is 36.2 Å². The Hall–Kier alpha value is -3.42. The maximum absolute atomic E-state index is 12.3. The molecule has 1 amide bonds. The van der Waals surface area contributed by atoms with E-state index in [9.17, 15) is 4.79 Å². The minimum absolute atomic E-state index is 0.126. The zero-order valence-corrected chi connectivity index (χ0v) is 17.8. The zero-order valence-electron chi connectivity index (χ0n) is 17.8. The maximum atomic E-state index is 12.3. The minimum Gasteiger partial charge on any atom is -0.418 e. The Balaban J connectivity index is 1.39. The van der Waals surface area contributed by atoms with Gasteiger partial charge in [0.2, 0.25) is 11.8 Å². The highest BCUT2D eigenvalue weighted by atomic mass is 16.4. The third kappa shape index (κ3) is 3.73. The summed E-state index contributed by atoms with van der Waals surface area (Å²) in [4.78, 5) is 26.0. The number of aryl methyl sites for hydroxylation is 1. The molecule has 0 aliphatic heterocycles. The van der Waals surface area contributed by atoms with Crippen LogP contribution in [0.4, 0.5) is 5.82 Å². The molecule has 1 aliphatic rings. The van der Waals surface area contributed by atoms with Gasteiger partial charge in [-0.15, -0.1) is 0 Å². The van der Waals surface area contributed by atoms with Gasteiger partial charge in [-0.2, -0.15) is 4.98 Å². The van der Waals surface area contributed by atoms with Crippen LogP contribution in [0.5, 0.6) is 0 Å². The number of anilines is 1. The van der Waals surface area contributed by atoms with Gasteiger partial charge in [0.25, 0.3) is 5.71 Å². The quantitative estimate of drug-likeness (QED) is 0.491. The molecule has 0 unspecified atom stereocenters. The number of nitrogens with one attached hydrogen (secondary N) is 2. The molecule has 3 aromatic heterocycles. The molecule has 3 heterocycles. The summed E-state index contributed by atoms with van der Waals surface area (Å²) in [5, 5.41) is 6.12. The van der Waals surface area contributed by atoms with E-state index in [4.69, 9.17) is 9.40 Å². The van der Waals surface area contributed by atoms with E-state index in [1.807, 2.05) is 42.9 Å². The van der Waals surface area contributed by atoms with Crippen molar-refractivity contribution in [2.45, 2.75) is 38.6 Å². The second kappa shape index (κ2) is 8.02. The van der Waals surface area contributed by atoms with Crippen LogP contribution in [0.25, 0.3) is 33.7 Å². The molecule has 1 fully saturated rings. The van der Waals surface area contributed by atoms with Gasteiger partial charge in [0.05, 0.1) is 6.33 Å². The van der Waals surface area contributed by atoms with Gasteiger partial charge in [0.15, 0.2) is 11.3 Å². The van der Waals surface area contributed by atoms with Gasteiger partial charge < -0.3 is 19.6 Å². The van der Waals surface area contributed by atoms with Gasteiger partial charge in [-0.3, -0.25) is 4.79 Å². The Labute approximate surface area is 180 Å². The lowest BCUT2D eigenvalue weighted by atomic mass is 10.0. The number of hydrogen-bond donors (Lipinski definition) is 2. The molecule has 4 aromatic rings. The molecule has 0 radical (unpaired) electrons. The molecule has 1 aromatic carbocycles. The highest BCUT2D eigenvalue weighted by Gasteiger charge is 2.20. The summed E-state index contributed by atoms with van der Waals surface area (Å²) in [5.74, 6) is 1.83. The number of carbonyl (C=O) groups is 1. The number of oxazole rings is 1. The molecule has 1 saturated carbocycles. The molecule has 0 saturated heterocycles. The van der Waals surface area contributed by atoms with Crippen molar-refractivity contribution in [3.63, 3.8) is 0 Å². The van der Waals surface area contributed by atoms with E-state index in [1.165, 1.54) is 25.7 Å². The average molecular weight is 419 g/mol. The summed E-state index contributed by atoms with van der Waals surface area (Å²) in [6.45, 7) is 0.494. The third-order valence-electron chi connectivity index (χ3n) is 6.06. The first-order chi connectivity index (χ1) is 15.1. The molecule has 160 valence electrons. The van der Waals surface area contributed by atoms with E-state index in [1.54, 1.807) is 6.33 Å². The third-order valence-corrected chi connectivity index (χ3v) is 6.06. The fourth-order valence-corrected chi connectivity index (χ4v) is 4.44. The monoisotopic (exact) mass is 418 g/mol. The number of pyridine rings is 1. The zero-order chi connectivity index (χ0) is 21.4. The van der Waals surface area contributed by atoms with Crippen LogP contribution in [-0.2, 0) is 18.4 Å². The average Bonchev–Trinajstić information content (AvgIpc) is 3.52. The molecule has 5 rings (SSSR count). The van der Waals surface area contributed by atoms with Crippen molar-refractivity contribution >= 4 is 34.0 Å². The Morgan fingerprint density at radius 1 is 1.23 bits per heavy atom. The predicted octanol–water partition coefficient (Wildman–Crippen LogP) is 4.01. The lowest BCUT2D eigenvalue weighted by molar-refractivity contribution is -0.122. The van der Waals surface area contributed by atoms with Gasteiger partial charge in [-0.25, -0.2) is 9.97 Å². The van der Waals surface area contributed by atoms with Crippen LogP contribution in [-0.4, -0.2) is 32.5 Å². The van der Waals surface area contributed by atoms with Crippen LogP contribution in [0.2, 0.25) is 0 Å². The van der Waals surface area contributed by atoms with E-state index in [-0.39, 0.29) is 5.91 Å². The van der Waals surface area contributed by atoms with Crippen molar-refractivity contribution in [2.75, 3.05) is 12.4 Å². The number of amides is 1. The lowest BCUT2D eigenvalue weighted by Crippen LogP contribution is -2.24. The fraction of sp³-hybridized carbons (Fsp3) is 0.391. The number of aromatic nitrogens is 4. The number of hydrogen-bond acceptors (Lipinski definition) is 6. The number of carbonyl (C=O) groups excluding carboxylic acids is 1. The largest absolute Gasteiger partial charge is 0.418 e. The number of nitrogens with zero attached hydrogens (tertiary/aromatic N) is 4. The Morgan fingerprint density at radius 3 is 2.87 bits per heavy atom. The summed E-state index contributed by atoms with van der Waals surface area (Å²) in [6.07, 6.45) is 7.23. The summed E-state index contributed by atoms with van der Waals surface area (Å²) in [5.41, 5.74) is 4.64. The molecule has 8 nitrogen and oxygen atoms in total. The maximum Gasteiger partial charge on any atom is 0.251 e. The van der Waals surface area contributed by atoms with Gasteiger partial charge in [0.1, 0.15) is 11.0 Å². The molecule has 8 heteroatoms. The van der Waals surface area contributed by atoms with E-state index >= 15 is 0 Å². The van der Waals surface area contributed by atoms with E-state index < -0.39 is 0 Å². The van der Waals surface area contributed by atoms with Crippen molar-refractivity contribution in [2.24, 2.45) is 13.0 Å². The first-order valence-corrected chi connectivity index (χ1v) is 10.8. The molecule has 0 spiro atoms. The lowest BCUT2D eigenvalue weighted by Gasteiger charge is -2.10. The number of rotatable bonds is 6. The van der Waals surface area contributed by atoms with Crippen LogP contribution in [0.15, 0.2) is 35.0 Å². The SMILES string of the molecule is CNc1nc2oc(-c3cccc(CNC(=O)CC4CCCC4)c3)nc2c2c1ncn2C. The van der Waals surface area contributed by atoms with Crippen LogP contribution in [0, 0.1) is 5.92 Å². The van der Waals surface area contributed by atoms with Crippen LogP contribution >= 0.6 is 0 Å². The Bertz CT molecular complexity index is 1250. The van der Waals surface area contributed by atoms with Gasteiger partial charge in [0, 0.05) is 32.6 Å². The van der Waals surface area contributed by atoms with Crippen molar-refractivity contribution < 1.29 is 9.21 Å². The molecular weight excluding hydrogens is 392 g/mol. The smallest absolute Gasteiger partial charge is 0.251 e. The summed E-state index contributed by atoms with van der Waals surface area (Å²) in [7, 11) is 3.74. The molecule has 31 heavy (non-hydrogen) atoms. The van der Waals surface area contributed by atoms with Crippen LogP contribution < -0.4 is 10.6 Å². The molecule has 1 aliphatic carbocycles.